The van der Waals surface area contributed by atoms with Crippen LogP contribution in [0.3, 0.4) is 0 Å². The van der Waals surface area contributed by atoms with Crippen LogP contribution in [0, 0.1) is 22.7 Å². The lowest BCUT2D eigenvalue weighted by molar-refractivity contribution is -0.117. The van der Waals surface area contributed by atoms with E-state index in [9.17, 15) is 25.2 Å². The normalized spacial score (nSPS) is 17.3. The summed E-state index contributed by atoms with van der Waals surface area (Å²) in [6, 6.07) is 13.6. The molecule has 1 aromatic carbocycles. The molecule has 1 aliphatic carbocycles. The van der Waals surface area contributed by atoms with Crippen LogP contribution in [0.15, 0.2) is 35.4 Å². The fraction of sp³-hybridized carbons (Fsp3) is 0.483. The van der Waals surface area contributed by atoms with E-state index in [0.29, 0.717) is 59.0 Å². The van der Waals surface area contributed by atoms with Crippen LogP contribution in [-0.2, 0) is 9.53 Å². The number of nitrogens with zero attached hydrogens (tertiary/aromatic N) is 4. The number of aliphatic hydroxyl groups is 1. The minimum absolute atomic E-state index is 0.0352. The predicted octanol–water partition coefficient (Wildman–Crippen LogP) is 3.88. The first kappa shape index (κ1) is 29.2. The van der Waals surface area contributed by atoms with E-state index in [4.69, 9.17) is 15.5 Å². The van der Waals surface area contributed by atoms with Crippen molar-refractivity contribution in [2.75, 3.05) is 24.5 Å². The van der Waals surface area contributed by atoms with E-state index in [-0.39, 0.29) is 12.5 Å². The highest BCUT2D eigenvalue weighted by Crippen LogP contribution is 2.48. The van der Waals surface area contributed by atoms with Crippen molar-refractivity contribution in [3.63, 3.8) is 0 Å². The second kappa shape index (κ2) is 11.7. The number of piperidine rings is 1. The Morgan fingerprint density at radius 3 is 2.35 bits per heavy atom. The molecule has 1 unspecified atom stereocenters. The van der Waals surface area contributed by atoms with Crippen molar-refractivity contribution < 1.29 is 19.4 Å². The molecule has 0 bridgehead atoms. The number of nitrogens with one attached hydrogen (secondary N) is 1. The molecule has 4 rings (SSSR count). The summed E-state index contributed by atoms with van der Waals surface area (Å²) in [6.07, 6.45) is 1.78. The van der Waals surface area contributed by atoms with E-state index in [1.165, 1.54) is 0 Å². The minimum atomic E-state index is -1.14. The summed E-state index contributed by atoms with van der Waals surface area (Å²) in [5, 5.41) is 33.7. The molecule has 1 saturated carbocycles. The van der Waals surface area contributed by atoms with E-state index >= 15 is 0 Å². The molecular formula is C29H34N6O4S. The van der Waals surface area contributed by atoms with E-state index in [1.54, 1.807) is 32.9 Å². The van der Waals surface area contributed by atoms with Crippen LogP contribution in [-0.4, -0.2) is 52.9 Å². The number of benzene rings is 1. The Labute approximate surface area is 238 Å². The van der Waals surface area contributed by atoms with Gasteiger partial charge < -0.3 is 25.8 Å². The van der Waals surface area contributed by atoms with Gasteiger partial charge in [0.1, 0.15) is 33.8 Å². The van der Waals surface area contributed by atoms with Gasteiger partial charge in [0.05, 0.1) is 16.7 Å². The number of aromatic nitrogens is 1. The van der Waals surface area contributed by atoms with Crippen LogP contribution in [0.2, 0.25) is 0 Å². The summed E-state index contributed by atoms with van der Waals surface area (Å²) >= 11 is 1.12. The number of carbonyl (C=O) groups is 2. The smallest absolute Gasteiger partial charge is 0.407 e. The lowest BCUT2D eigenvalue weighted by atomic mass is 9.90. The van der Waals surface area contributed by atoms with E-state index in [0.717, 1.165) is 24.6 Å². The minimum Gasteiger partial charge on any atom is -0.444 e. The zero-order chi connectivity index (χ0) is 29.1. The third-order valence-corrected chi connectivity index (χ3v) is 8.20. The van der Waals surface area contributed by atoms with Gasteiger partial charge in [0.2, 0.25) is 5.91 Å². The van der Waals surface area contributed by atoms with Crippen molar-refractivity contribution in [3.05, 3.63) is 52.6 Å². The van der Waals surface area contributed by atoms with Crippen LogP contribution >= 0.6 is 11.8 Å². The Kier molecular flexibility index (Phi) is 8.57. The average molecular weight is 563 g/mol. The summed E-state index contributed by atoms with van der Waals surface area (Å²) in [4.78, 5) is 31.3. The van der Waals surface area contributed by atoms with Crippen molar-refractivity contribution in [2.24, 2.45) is 5.73 Å². The van der Waals surface area contributed by atoms with Gasteiger partial charge in [-0.25, -0.2) is 9.78 Å². The molecule has 1 atom stereocenters. The number of nitriles is 2. The first-order valence-electron chi connectivity index (χ1n) is 13.3. The molecule has 1 saturated heterocycles. The predicted molar refractivity (Wildman–Crippen MR) is 151 cm³/mol. The summed E-state index contributed by atoms with van der Waals surface area (Å²) in [5.74, 6) is -0.0421. The zero-order valence-corrected chi connectivity index (χ0v) is 23.8. The lowest BCUT2D eigenvalue weighted by Crippen LogP contribution is -2.51. The van der Waals surface area contributed by atoms with Crippen molar-refractivity contribution >= 4 is 29.6 Å². The number of anilines is 1. The standard InChI is InChI=1S/C29H34N6O4S/c1-28(2,3)39-27(37)33-17-29(38)11-13-35(14-12-29)25-20(15-30)22(18-9-10-18)21(16-31)26(34-25)40-23(24(32)36)19-7-5-4-6-8-19/h4-8,18,23,38H,9-14,17H2,1-3H3,(H2,32,36)(H,33,37). The maximum Gasteiger partial charge on any atom is 0.407 e. The molecule has 1 aliphatic heterocycles. The monoisotopic (exact) mass is 562 g/mol. The molecule has 2 aromatic rings. The Morgan fingerprint density at radius 2 is 1.82 bits per heavy atom. The van der Waals surface area contributed by atoms with Crippen molar-refractivity contribution in [1.82, 2.24) is 10.3 Å². The lowest BCUT2D eigenvalue weighted by Gasteiger charge is -2.39. The number of thioether (sulfide) groups is 1. The van der Waals surface area contributed by atoms with Crippen LogP contribution < -0.4 is 16.0 Å². The van der Waals surface area contributed by atoms with E-state index in [1.807, 2.05) is 23.1 Å². The zero-order valence-electron chi connectivity index (χ0n) is 22.9. The number of pyridine rings is 1. The van der Waals surface area contributed by atoms with Gasteiger partial charge in [-0.3, -0.25) is 4.79 Å². The number of amides is 2. The molecule has 210 valence electrons. The maximum atomic E-state index is 12.5. The molecule has 40 heavy (non-hydrogen) atoms. The second-order valence-electron chi connectivity index (χ2n) is 11.3. The van der Waals surface area contributed by atoms with Gasteiger partial charge in [0, 0.05) is 19.6 Å². The van der Waals surface area contributed by atoms with Gasteiger partial charge in [-0.2, -0.15) is 10.5 Å². The summed E-state index contributed by atoms with van der Waals surface area (Å²) in [6.45, 7) is 6.10. The molecule has 11 heteroatoms. The number of hydrogen-bond donors (Lipinski definition) is 3. The van der Waals surface area contributed by atoms with Crippen molar-refractivity contribution in [3.8, 4) is 12.1 Å². The first-order valence-corrected chi connectivity index (χ1v) is 14.2. The summed E-state index contributed by atoms with van der Waals surface area (Å²) in [7, 11) is 0. The first-order chi connectivity index (χ1) is 18.9. The molecule has 1 aromatic heterocycles. The van der Waals surface area contributed by atoms with Gasteiger partial charge in [0.25, 0.3) is 0 Å². The molecule has 0 radical (unpaired) electrons. The van der Waals surface area contributed by atoms with Gasteiger partial charge >= 0.3 is 6.09 Å². The number of alkyl carbamates (subject to hydrolysis) is 1. The Bertz CT molecular complexity index is 1350. The van der Waals surface area contributed by atoms with Crippen LogP contribution in [0.25, 0.3) is 0 Å². The Hall–Kier alpha value is -3.80. The highest BCUT2D eigenvalue weighted by atomic mass is 32.2. The third kappa shape index (κ3) is 6.85. The molecule has 10 nitrogen and oxygen atoms in total. The second-order valence-corrected chi connectivity index (χ2v) is 12.4. The van der Waals surface area contributed by atoms with Crippen molar-refractivity contribution in [1.29, 1.82) is 10.5 Å². The Morgan fingerprint density at radius 1 is 1.20 bits per heavy atom. The van der Waals surface area contributed by atoms with E-state index in [2.05, 4.69) is 17.5 Å². The van der Waals surface area contributed by atoms with E-state index < -0.39 is 28.5 Å². The molecule has 2 aliphatic rings. The van der Waals surface area contributed by atoms with Gasteiger partial charge in [-0.15, -0.1) is 0 Å². The summed E-state index contributed by atoms with van der Waals surface area (Å²) < 4.78 is 5.27. The SMILES string of the molecule is CC(C)(C)OC(=O)NCC1(O)CCN(c2nc(SC(C(N)=O)c3ccccc3)c(C#N)c(C3CC3)c2C#N)CC1. The summed E-state index contributed by atoms with van der Waals surface area (Å²) in [5.41, 5.74) is 6.01. The van der Waals surface area contributed by atoms with Crippen molar-refractivity contribution in [2.45, 2.75) is 73.9 Å². The van der Waals surface area contributed by atoms with Gasteiger partial charge in [-0.1, -0.05) is 42.1 Å². The fourth-order valence-electron chi connectivity index (χ4n) is 4.77. The number of carbonyl (C=O) groups excluding carboxylic acids is 2. The third-order valence-electron chi connectivity index (χ3n) is 6.94. The molecule has 2 amide bonds. The number of primary amides is 1. The van der Waals surface area contributed by atoms with Crippen LogP contribution in [0.1, 0.15) is 79.9 Å². The van der Waals surface area contributed by atoms with Gasteiger partial charge in [-0.05, 0) is 63.5 Å². The number of nitrogens with two attached hydrogens (primary N) is 1. The quantitative estimate of drug-likeness (QED) is 0.405. The number of ether oxygens (including phenoxy) is 1. The van der Waals surface area contributed by atoms with Crippen LogP contribution in [0.4, 0.5) is 10.6 Å². The molecule has 0 spiro atoms. The largest absolute Gasteiger partial charge is 0.444 e. The fourth-order valence-corrected chi connectivity index (χ4v) is 5.82. The number of rotatable bonds is 8. The van der Waals surface area contributed by atoms with Gasteiger partial charge in [0.15, 0.2) is 0 Å². The molecular weight excluding hydrogens is 528 g/mol. The topological polar surface area (TPSA) is 165 Å². The molecule has 2 heterocycles. The number of hydrogen-bond acceptors (Lipinski definition) is 9. The highest BCUT2D eigenvalue weighted by molar-refractivity contribution is 8.00. The molecule has 4 N–H and O–H groups in total. The average Bonchev–Trinajstić information content (AvgIpc) is 3.75. The highest BCUT2D eigenvalue weighted by Gasteiger charge is 2.38. The van der Waals surface area contributed by atoms with Crippen LogP contribution in [0.5, 0.6) is 0 Å². The molecule has 2 fully saturated rings. The Balaban J connectivity index is 1.61. The maximum absolute atomic E-state index is 12.5.